The van der Waals surface area contributed by atoms with Crippen LogP contribution < -0.4 is 10.1 Å². The number of aromatic amines is 1. The van der Waals surface area contributed by atoms with Crippen LogP contribution >= 0.6 is 0 Å². The zero-order chi connectivity index (χ0) is 22.2. The maximum absolute atomic E-state index is 14.3. The Hall–Kier alpha value is -2.96. The zero-order valence-corrected chi connectivity index (χ0v) is 18.6. The largest absolute Gasteiger partial charge is 0.493 e. The Morgan fingerprint density at radius 3 is 2.78 bits per heavy atom. The second kappa shape index (κ2) is 8.52. The maximum Gasteiger partial charge on any atom is 0.255 e. The molecule has 5 rings (SSSR count). The van der Waals surface area contributed by atoms with Crippen molar-refractivity contribution in [2.45, 2.75) is 64.6 Å². The van der Waals surface area contributed by atoms with Gasteiger partial charge < -0.3 is 15.0 Å². The fourth-order valence-electron chi connectivity index (χ4n) is 4.54. The van der Waals surface area contributed by atoms with Crippen LogP contribution in [0.5, 0.6) is 5.75 Å². The molecule has 2 aromatic heterocycles. The molecule has 0 saturated heterocycles. The molecule has 2 heterocycles. The molecule has 6 nitrogen and oxygen atoms in total. The molecule has 2 aliphatic rings. The van der Waals surface area contributed by atoms with Crippen molar-refractivity contribution in [1.82, 2.24) is 20.3 Å². The molecule has 2 saturated carbocycles. The van der Waals surface area contributed by atoms with Gasteiger partial charge >= 0.3 is 0 Å². The third kappa shape index (κ3) is 4.08. The summed E-state index contributed by atoms with van der Waals surface area (Å²) >= 11 is 0. The molecule has 2 atom stereocenters. The SMILES string of the molecule is Cc1ccc(OCC2CC2)c(-c2ncnc3c(C(=O)N[C@@H]4CCCC[C@H]4F)c(C)[nH]c23)c1. The van der Waals surface area contributed by atoms with Crippen molar-refractivity contribution in [2.75, 3.05) is 6.61 Å². The molecular weight excluding hydrogens is 407 g/mol. The number of ether oxygens (including phenoxy) is 1. The first-order valence-electron chi connectivity index (χ1n) is 11.5. The van der Waals surface area contributed by atoms with E-state index in [1.165, 1.54) is 19.2 Å². The number of alkyl halides is 1. The highest BCUT2D eigenvalue weighted by molar-refractivity contribution is 6.09. The van der Waals surface area contributed by atoms with Crippen molar-refractivity contribution >= 4 is 16.9 Å². The summed E-state index contributed by atoms with van der Waals surface area (Å²) in [6.45, 7) is 4.57. The van der Waals surface area contributed by atoms with Gasteiger partial charge in [0.15, 0.2) is 0 Å². The van der Waals surface area contributed by atoms with Gasteiger partial charge in [0, 0.05) is 11.3 Å². The number of aryl methyl sites for hydroxylation is 2. The van der Waals surface area contributed by atoms with Crippen LogP contribution in [-0.4, -0.2) is 39.7 Å². The van der Waals surface area contributed by atoms with Crippen molar-refractivity contribution < 1.29 is 13.9 Å². The molecule has 32 heavy (non-hydrogen) atoms. The fourth-order valence-corrected chi connectivity index (χ4v) is 4.54. The second-order valence-corrected chi connectivity index (χ2v) is 9.21. The number of fused-ring (bicyclic) bond motifs is 1. The minimum atomic E-state index is -0.998. The van der Waals surface area contributed by atoms with Crippen LogP contribution in [0.25, 0.3) is 22.3 Å². The van der Waals surface area contributed by atoms with Crippen molar-refractivity contribution in [2.24, 2.45) is 5.92 Å². The third-order valence-corrected chi connectivity index (χ3v) is 6.56. The van der Waals surface area contributed by atoms with Crippen LogP contribution in [0.15, 0.2) is 24.5 Å². The number of hydrogen-bond acceptors (Lipinski definition) is 4. The van der Waals surface area contributed by atoms with Gasteiger partial charge in [-0.05, 0) is 57.6 Å². The highest BCUT2D eigenvalue weighted by atomic mass is 19.1. The number of amides is 1. The third-order valence-electron chi connectivity index (χ3n) is 6.56. The first-order valence-corrected chi connectivity index (χ1v) is 11.5. The Morgan fingerprint density at radius 1 is 1.19 bits per heavy atom. The summed E-state index contributed by atoms with van der Waals surface area (Å²) in [5, 5.41) is 2.90. The highest BCUT2D eigenvalue weighted by Crippen LogP contribution is 2.37. The standard InChI is InChI=1S/C25H29FN4O2/c1-14-7-10-20(32-12-16-8-9-16)17(11-14)22-24-23(28-13-27-22)21(15(2)29-24)25(31)30-19-6-4-3-5-18(19)26/h7,10-11,13,16,18-19,29H,3-6,8-9,12H2,1-2H3,(H,30,31)/t18-,19-/m1/s1. The molecule has 7 heteroatoms. The molecule has 0 spiro atoms. The first-order chi connectivity index (χ1) is 15.5. The average Bonchev–Trinajstić information content (AvgIpc) is 3.54. The molecule has 2 N–H and O–H groups in total. The normalized spacial score (nSPS) is 21.0. The first kappa shape index (κ1) is 20.9. The molecule has 0 unspecified atom stereocenters. The number of nitrogens with zero attached hydrogens (tertiary/aromatic N) is 2. The molecule has 2 aliphatic carbocycles. The predicted molar refractivity (Wildman–Crippen MR) is 122 cm³/mol. The van der Waals surface area contributed by atoms with E-state index >= 15 is 0 Å². The van der Waals surface area contributed by atoms with Crippen molar-refractivity contribution in [3.63, 3.8) is 0 Å². The summed E-state index contributed by atoms with van der Waals surface area (Å²) in [4.78, 5) is 25.4. The maximum atomic E-state index is 14.3. The van der Waals surface area contributed by atoms with Gasteiger partial charge in [0.25, 0.3) is 5.91 Å². The Morgan fingerprint density at radius 2 is 2.00 bits per heavy atom. The Bertz CT molecular complexity index is 1150. The lowest BCUT2D eigenvalue weighted by Crippen LogP contribution is -2.43. The van der Waals surface area contributed by atoms with Gasteiger partial charge in [0.05, 0.1) is 23.7 Å². The minimum Gasteiger partial charge on any atom is -0.493 e. The average molecular weight is 437 g/mol. The summed E-state index contributed by atoms with van der Waals surface area (Å²) < 4.78 is 20.4. The van der Waals surface area contributed by atoms with Gasteiger partial charge in [-0.25, -0.2) is 14.4 Å². The quantitative estimate of drug-likeness (QED) is 0.567. The van der Waals surface area contributed by atoms with E-state index in [4.69, 9.17) is 4.74 Å². The lowest BCUT2D eigenvalue weighted by Gasteiger charge is -2.26. The molecule has 1 amide bonds. The summed E-state index contributed by atoms with van der Waals surface area (Å²) in [6, 6.07) is 5.62. The summed E-state index contributed by atoms with van der Waals surface area (Å²) in [6.07, 6.45) is 5.89. The smallest absolute Gasteiger partial charge is 0.255 e. The molecule has 3 aromatic rings. The van der Waals surface area contributed by atoms with E-state index in [1.807, 2.05) is 26.0 Å². The molecule has 1 aromatic carbocycles. The van der Waals surface area contributed by atoms with E-state index in [0.717, 1.165) is 29.7 Å². The van der Waals surface area contributed by atoms with E-state index in [0.29, 0.717) is 53.4 Å². The number of halogens is 1. The van der Waals surface area contributed by atoms with Crippen LogP contribution in [-0.2, 0) is 0 Å². The van der Waals surface area contributed by atoms with Crippen molar-refractivity contribution in [3.8, 4) is 17.0 Å². The molecule has 2 fully saturated rings. The summed E-state index contributed by atoms with van der Waals surface area (Å²) in [5.74, 6) is 1.13. The van der Waals surface area contributed by atoms with Crippen molar-refractivity contribution in [3.05, 3.63) is 41.3 Å². The van der Waals surface area contributed by atoms with E-state index in [-0.39, 0.29) is 5.91 Å². The molecule has 0 radical (unpaired) electrons. The van der Waals surface area contributed by atoms with E-state index < -0.39 is 12.2 Å². The number of carbonyl (C=O) groups is 1. The monoisotopic (exact) mass is 436 g/mol. The minimum absolute atomic E-state index is 0.289. The number of benzene rings is 1. The van der Waals surface area contributed by atoms with E-state index in [9.17, 15) is 9.18 Å². The van der Waals surface area contributed by atoms with Crippen LogP contribution in [0.3, 0.4) is 0 Å². The number of H-pyrrole nitrogens is 1. The van der Waals surface area contributed by atoms with Gasteiger partial charge in [-0.15, -0.1) is 0 Å². The molecule has 168 valence electrons. The molecule has 0 bridgehead atoms. The fraction of sp³-hybridized carbons (Fsp3) is 0.480. The Kier molecular flexibility index (Phi) is 5.57. The van der Waals surface area contributed by atoms with Gasteiger partial charge in [0.2, 0.25) is 0 Å². The highest BCUT2D eigenvalue weighted by Gasteiger charge is 2.29. The van der Waals surface area contributed by atoms with E-state index in [1.54, 1.807) is 0 Å². The van der Waals surface area contributed by atoms with Gasteiger partial charge in [0.1, 0.15) is 29.5 Å². The number of aromatic nitrogens is 3. The lowest BCUT2D eigenvalue weighted by atomic mass is 9.93. The van der Waals surface area contributed by atoms with Crippen molar-refractivity contribution in [1.29, 1.82) is 0 Å². The zero-order valence-electron chi connectivity index (χ0n) is 18.6. The predicted octanol–water partition coefficient (Wildman–Crippen LogP) is 5.04. The van der Waals surface area contributed by atoms with E-state index in [2.05, 4.69) is 26.3 Å². The lowest BCUT2D eigenvalue weighted by molar-refractivity contribution is 0.0885. The summed E-state index contributed by atoms with van der Waals surface area (Å²) in [5.41, 5.74) is 5.06. The van der Waals surface area contributed by atoms with Crippen LogP contribution in [0.1, 0.15) is 60.1 Å². The number of rotatable bonds is 6. The molecule has 0 aliphatic heterocycles. The number of carbonyl (C=O) groups excluding carboxylic acids is 1. The van der Waals surface area contributed by atoms with Gasteiger partial charge in [-0.1, -0.05) is 24.5 Å². The van der Waals surface area contributed by atoms with Crippen LogP contribution in [0.4, 0.5) is 4.39 Å². The van der Waals surface area contributed by atoms with Gasteiger partial charge in [-0.3, -0.25) is 4.79 Å². The second-order valence-electron chi connectivity index (χ2n) is 9.21. The Labute approximate surface area is 187 Å². The number of hydrogen-bond donors (Lipinski definition) is 2. The Balaban J connectivity index is 1.51. The number of nitrogens with one attached hydrogen (secondary N) is 2. The van der Waals surface area contributed by atoms with Crippen LogP contribution in [0, 0.1) is 19.8 Å². The molecular formula is C25H29FN4O2. The van der Waals surface area contributed by atoms with Gasteiger partial charge in [-0.2, -0.15) is 0 Å². The topological polar surface area (TPSA) is 79.9 Å². The summed E-state index contributed by atoms with van der Waals surface area (Å²) in [7, 11) is 0. The van der Waals surface area contributed by atoms with Crippen LogP contribution in [0.2, 0.25) is 0 Å².